The van der Waals surface area contributed by atoms with Gasteiger partial charge >= 0.3 is 13.1 Å². The molecule has 1 aromatic heterocycles. The first-order valence-corrected chi connectivity index (χ1v) is 11.1. The molecule has 0 saturated carbocycles. The summed E-state index contributed by atoms with van der Waals surface area (Å²) in [6, 6.07) is 5.16. The van der Waals surface area contributed by atoms with E-state index in [-0.39, 0.29) is 12.6 Å². The maximum absolute atomic E-state index is 12.6. The number of nitrogens with one attached hydrogen (secondary N) is 2. The molecule has 1 saturated heterocycles. The number of aliphatic hydroxyl groups excluding tert-OH is 1. The number of carbonyl (C=O) groups excluding carboxylic acids is 1. The van der Waals surface area contributed by atoms with Crippen LogP contribution in [0.2, 0.25) is 0 Å². The van der Waals surface area contributed by atoms with Crippen LogP contribution in [0.5, 0.6) is 0 Å². The summed E-state index contributed by atoms with van der Waals surface area (Å²) in [6.07, 6.45) is 2.45. The van der Waals surface area contributed by atoms with Gasteiger partial charge in [-0.1, -0.05) is 13.0 Å². The van der Waals surface area contributed by atoms with Gasteiger partial charge in [-0.25, -0.2) is 9.78 Å². The molecule has 0 bridgehead atoms. The Morgan fingerprint density at radius 1 is 1.24 bits per heavy atom. The van der Waals surface area contributed by atoms with Crippen LogP contribution in [0.4, 0.5) is 17.5 Å². The zero-order valence-corrected chi connectivity index (χ0v) is 20.4. The predicted molar refractivity (Wildman–Crippen MR) is 128 cm³/mol. The molecule has 1 aliphatic heterocycles. The summed E-state index contributed by atoms with van der Waals surface area (Å²) in [7, 11) is 0.636. The maximum atomic E-state index is 12.6. The van der Waals surface area contributed by atoms with Crippen LogP contribution >= 0.6 is 0 Å². The van der Waals surface area contributed by atoms with E-state index in [1.165, 1.54) is 7.11 Å². The van der Waals surface area contributed by atoms with Crippen molar-refractivity contribution in [3.05, 3.63) is 35.5 Å². The first-order valence-electron chi connectivity index (χ1n) is 11.1. The highest BCUT2D eigenvalue weighted by Gasteiger charge is 2.52. The molecule has 0 aliphatic carbocycles. The molecule has 2 aromatic rings. The van der Waals surface area contributed by atoms with Crippen LogP contribution in [-0.2, 0) is 14.0 Å². The van der Waals surface area contributed by atoms with Crippen molar-refractivity contribution < 1.29 is 23.9 Å². The van der Waals surface area contributed by atoms with Gasteiger partial charge in [0.2, 0.25) is 5.95 Å². The number of hydrogen-bond donors (Lipinski definition) is 3. The number of ether oxygens (including phenoxy) is 1. The number of aromatic nitrogens is 2. The molecular weight excluding hydrogens is 423 g/mol. The average molecular weight is 456 g/mol. The maximum Gasteiger partial charge on any atom is 0.495 e. The molecule has 10 heteroatoms. The minimum absolute atomic E-state index is 0.00553. The number of anilines is 3. The van der Waals surface area contributed by atoms with E-state index in [0.29, 0.717) is 28.5 Å². The van der Waals surface area contributed by atoms with Crippen molar-refractivity contribution in [3.63, 3.8) is 0 Å². The lowest BCUT2D eigenvalue weighted by atomic mass is 9.75. The van der Waals surface area contributed by atoms with Gasteiger partial charge in [0.25, 0.3) is 0 Å². The van der Waals surface area contributed by atoms with Crippen LogP contribution in [0.15, 0.2) is 24.4 Å². The SMILES string of the molecule is CCC(CO)Nc1nc(Nc2ccc(B3OC(C)(C)C(C)(C)O3)c(C(=O)OC)c2)ncc1C. The zero-order chi connectivity index (χ0) is 24.4. The molecule has 0 radical (unpaired) electrons. The normalized spacial score (nSPS) is 17.5. The highest BCUT2D eigenvalue weighted by Crippen LogP contribution is 2.37. The lowest BCUT2D eigenvalue weighted by Gasteiger charge is -2.32. The summed E-state index contributed by atoms with van der Waals surface area (Å²) < 4.78 is 17.3. The molecule has 0 amide bonds. The van der Waals surface area contributed by atoms with Crippen LogP contribution in [0, 0.1) is 6.92 Å². The fourth-order valence-corrected chi connectivity index (χ4v) is 3.34. The number of aryl methyl sites for hydroxylation is 1. The van der Waals surface area contributed by atoms with Crippen molar-refractivity contribution >= 4 is 36.0 Å². The van der Waals surface area contributed by atoms with Gasteiger partial charge in [-0.05, 0) is 58.6 Å². The quantitative estimate of drug-likeness (QED) is 0.407. The van der Waals surface area contributed by atoms with Crippen LogP contribution in [-0.4, -0.2) is 59.1 Å². The molecule has 33 heavy (non-hydrogen) atoms. The Morgan fingerprint density at radius 2 is 1.91 bits per heavy atom. The molecule has 3 rings (SSSR count). The number of hydrogen-bond acceptors (Lipinski definition) is 9. The number of esters is 1. The lowest BCUT2D eigenvalue weighted by molar-refractivity contribution is 0.00578. The summed E-state index contributed by atoms with van der Waals surface area (Å²) in [6.45, 7) is 11.7. The summed E-state index contributed by atoms with van der Waals surface area (Å²) in [5, 5.41) is 15.8. The second kappa shape index (κ2) is 9.66. The summed E-state index contributed by atoms with van der Waals surface area (Å²) in [5.74, 6) is 0.495. The topological polar surface area (TPSA) is 115 Å². The summed E-state index contributed by atoms with van der Waals surface area (Å²) in [4.78, 5) is 21.4. The number of nitrogens with zero attached hydrogens (tertiary/aromatic N) is 2. The van der Waals surface area contributed by atoms with Gasteiger partial charge in [-0.3, -0.25) is 0 Å². The van der Waals surface area contributed by atoms with Crippen LogP contribution in [0.3, 0.4) is 0 Å². The molecule has 1 aliphatic rings. The Kier molecular flexibility index (Phi) is 7.31. The van der Waals surface area contributed by atoms with Crippen LogP contribution in [0.25, 0.3) is 0 Å². The molecule has 1 aromatic carbocycles. The number of benzene rings is 1. The van der Waals surface area contributed by atoms with Crippen molar-refractivity contribution in [2.45, 2.75) is 65.2 Å². The molecular formula is C23H33BN4O5. The van der Waals surface area contributed by atoms with E-state index in [1.807, 2.05) is 47.6 Å². The standard InChI is InChI=1S/C23H33BN4O5/c1-8-15(13-29)26-19-14(2)12-25-21(28-19)27-16-9-10-18(17(11-16)20(30)31-7)24-32-22(3,4)23(5,6)33-24/h9-12,15,29H,8,13H2,1-7H3,(H2,25,26,27,28). The number of rotatable bonds is 8. The lowest BCUT2D eigenvalue weighted by Crippen LogP contribution is -2.41. The Hall–Kier alpha value is -2.69. The van der Waals surface area contributed by atoms with Crippen molar-refractivity contribution in [2.75, 3.05) is 24.4 Å². The fourth-order valence-electron chi connectivity index (χ4n) is 3.34. The fraction of sp³-hybridized carbons (Fsp3) is 0.522. The molecule has 1 fully saturated rings. The monoisotopic (exact) mass is 456 g/mol. The van der Waals surface area contributed by atoms with E-state index in [9.17, 15) is 9.90 Å². The van der Waals surface area contributed by atoms with Crippen LogP contribution < -0.4 is 16.1 Å². The third-order valence-electron chi connectivity index (χ3n) is 6.25. The second-order valence-electron chi connectivity index (χ2n) is 9.16. The molecule has 1 atom stereocenters. The average Bonchev–Trinajstić information content (AvgIpc) is 3.00. The molecule has 2 heterocycles. The highest BCUT2D eigenvalue weighted by molar-refractivity contribution is 6.63. The van der Waals surface area contributed by atoms with Gasteiger partial charge in [-0.2, -0.15) is 4.98 Å². The number of aliphatic hydroxyl groups is 1. The summed E-state index contributed by atoms with van der Waals surface area (Å²) >= 11 is 0. The highest BCUT2D eigenvalue weighted by atomic mass is 16.7. The Morgan fingerprint density at radius 3 is 2.48 bits per heavy atom. The van der Waals surface area contributed by atoms with E-state index in [4.69, 9.17) is 14.0 Å². The van der Waals surface area contributed by atoms with Gasteiger partial charge in [0.05, 0.1) is 36.5 Å². The van der Waals surface area contributed by atoms with E-state index in [0.717, 1.165) is 12.0 Å². The molecule has 3 N–H and O–H groups in total. The van der Waals surface area contributed by atoms with Crippen LogP contribution in [0.1, 0.15) is 57.0 Å². The third kappa shape index (κ3) is 5.29. The minimum Gasteiger partial charge on any atom is -0.465 e. The van der Waals surface area contributed by atoms with Gasteiger partial charge in [-0.15, -0.1) is 0 Å². The van der Waals surface area contributed by atoms with Gasteiger partial charge in [0.15, 0.2) is 0 Å². The van der Waals surface area contributed by atoms with E-state index >= 15 is 0 Å². The first kappa shape index (κ1) is 24.9. The third-order valence-corrected chi connectivity index (χ3v) is 6.25. The van der Waals surface area contributed by atoms with Crippen molar-refractivity contribution in [1.82, 2.24) is 9.97 Å². The second-order valence-corrected chi connectivity index (χ2v) is 9.16. The summed E-state index contributed by atoms with van der Waals surface area (Å²) in [5.41, 5.74) is 1.32. The zero-order valence-electron chi connectivity index (χ0n) is 20.4. The van der Waals surface area contributed by atoms with Gasteiger partial charge in [0.1, 0.15) is 5.82 Å². The van der Waals surface area contributed by atoms with Crippen molar-refractivity contribution in [3.8, 4) is 0 Å². The van der Waals surface area contributed by atoms with E-state index < -0.39 is 24.3 Å². The van der Waals surface area contributed by atoms with E-state index in [2.05, 4.69) is 20.6 Å². The molecule has 178 valence electrons. The Balaban J connectivity index is 1.89. The van der Waals surface area contributed by atoms with Crippen molar-refractivity contribution in [2.24, 2.45) is 0 Å². The van der Waals surface area contributed by atoms with E-state index in [1.54, 1.807) is 18.3 Å². The van der Waals surface area contributed by atoms with Gasteiger partial charge < -0.3 is 29.8 Å². The number of methoxy groups -OCH3 is 1. The number of carbonyl (C=O) groups is 1. The molecule has 0 spiro atoms. The predicted octanol–water partition coefficient (Wildman–Crippen LogP) is 2.80. The first-order chi connectivity index (χ1) is 15.5. The molecule has 9 nitrogen and oxygen atoms in total. The molecule has 1 unspecified atom stereocenters. The Bertz CT molecular complexity index is 994. The van der Waals surface area contributed by atoms with Crippen molar-refractivity contribution in [1.29, 1.82) is 0 Å². The Labute approximate surface area is 195 Å². The largest absolute Gasteiger partial charge is 0.495 e. The van der Waals surface area contributed by atoms with Gasteiger partial charge in [0, 0.05) is 17.4 Å². The minimum atomic E-state index is -0.700. The smallest absolute Gasteiger partial charge is 0.465 e.